The Kier molecular flexibility index (Phi) is 3.60. The zero-order valence-electron chi connectivity index (χ0n) is 8.33. The number of hydrogen-bond donors (Lipinski definition) is 0. The van der Waals surface area contributed by atoms with Crippen LogP contribution in [-0.4, -0.2) is 10.8 Å². The van der Waals surface area contributed by atoms with Gasteiger partial charge >= 0.3 is 0 Å². The highest BCUT2D eigenvalue weighted by Gasteiger charge is 2.13. The Hall–Kier alpha value is -0.700. The monoisotopic (exact) mass is 197 g/mol. The Bertz CT molecular complexity index is 293. The lowest BCUT2D eigenvalue weighted by Gasteiger charge is -2.07. The SMILES string of the molecule is CCC(Cc1csc(C)n1)C(C)=O. The second kappa shape index (κ2) is 4.51. The van der Waals surface area contributed by atoms with E-state index >= 15 is 0 Å². The van der Waals surface area contributed by atoms with Gasteiger partial charge in [0.05, 0.1) is 10.7 Å². The number of aryl methyl sites for hydroxylation is 1. The molecule has 0 bridgehead atoms. The van der Waals surface area contributed by atoms with Crippen LogP contribution in [0.2, 0.25) is 0 Å². The molecule has 0 aromatic carbocycles. The average molecular weight is 197 g/mol. The number of rotatable bonds is 4. The summed E-state index contributed by atoms with van der Waals surface area (Å²) in [4.78, 5) is 15.5. The highest BCUT2D eigenvalue weighted by Crippen LogP contribution is 2.15. The molecule has 0 aliphatic heterocycles. The van der Waals surface area contributed by atoms with E-state index in [1.807, 2.05) is 19.2 Å². The Morgan fingerprint density at radius 2 is 2.38 bits per heavy atom. The topological polar surface area (TPSA) is 30.0 Å². The minimum atomic E-state index is 0.154. The van der Waals surface area contributed by atoms with Gasteiger partial charge in [-0.05, 0) is 20.3 Å². The van der Waals surface area contributed by atoms with Gasteiger partial charge in [-0.15, -0.1) is 11.3 Å². The Morgan fingerprint density at radius 3 is 2.77 bits per heavy atom. The predicted molar refractivity (Wildman–Crippen MR) is 55.0 cm³/mol. The number of thiazole rings is 1. The van der Waals surface area contributed by atoms with Crippen LogP contribution in [0.3, 0.4) is 0 Å². The fourth-order valence-corrected chi connectivity index (χ4v) is 1.96. The summed E-state index contributed by atoms with van der Waals surface area (Å²) in [6, 6.07) is 0. The number of nitrogens with zero attached hydrogens (tertiary/aromatic N) is 1. The molecule has 0 N–H and O–H groups in total. The molecule has 0 saturated carbocycles. The van der Waals surface area contributed by atoms with Gasteiger partial charge in [0, 0.05) is 17.7 Å². The van der Waals surface area contributed by atoms with Crippen molar-refractivity contribution < 1.29 is 4.79 Å². The van der Waals surface area contributed by atoms with Crippen LogP contribution in [0.1, 0.15) is 31.0 Å². The zero-order chi connectivity index (χ0) is 9.84. The van der Waals surface area contributed by atoms with Crippen LogP contribution in [-0.2, 0) is 11.2 Å². The van der Waals surface area contributed by atoms with Crippen LogP contribution in [0.5, 0.6) is 0 Å². The maximum Gasteiger partial charge on any atom is 0.133 e. The third kappa shape index (κ3) is 2.92. The molecule has 1 unspecified atom stereocenters. The van der Waals surface area contributed by atoms with Crippen LogP contribution < -0.4 is 0 Å². The van der Waals surface area contributed by atoms with E-state index in [4.69, 9.17) is 0 Å². The molecule has 2 nitrogen and oxygen atoms in total. The maximum absolute atomic E-state index is 11.2. The molecule has 0 aliphatic rings. The van der Waals surface area contributed by atoms with E-state index in [1.54, 1.807) is 18.3 Å². The van der Waals surface area contributed by atoms with Crippen molar-refractivity contribution in [3.63, 3.8) is 0 Å². The van der Waals surface area contributed by atoms with Crippen molar-refractivity contribution in [3.05, 3.63) is 16.1 Å². The van der Waals surface area contributed by atoms with Gasteiger partial charge in [-0.3, -0.25) is 4.79 Å². The van der Waals surface area contributed by atoms with Crippen molar-refractivity contribution in [2.45, 2.75) is 33.6 Å². The quantitative estimate of drug-likeness (QED) is 0.742. The molecule has 13 heavy (non-hydrogen) atoms. The summed E-state index contributed by atoms with van der Waals surface area (Å²) in [7, 11) is 0. The molecule has 3 heteroatoms. The number of aromatic nitrogens is 1. The zero-order valence-corrected chi connectivity index (χ0v) is 9.15. The van der Waals surface area contributed by atoms with Crippen LogP contribution in [0, 0.1) is 12.8 Å². The van der Waals surface area contributed by atoms with Gasteiger partial charge in [-0.25, -0.2) is 4.98 Å². The summed E-state index contributed by atoms with van der Waals surface area (Å²) in [6.07, 6.45) is 1.71. The first kappa shape index (κ1) is 10.4. The predicted octanol–water partition coefficient (Wildman–Crippen LogP) is 2.61. The molecular weight excluding hydrogens is 182 g/mol. The molecule has 0 spiro atoms. The second-order valence-electron chi connectivity index (χ2n) is 3.28. The molecule has 0 aliphatic carbocycles. The van der Waals surface area contributed by atoms with Crippen molar-refractivity contribution in [2.24, 2.45) is 5.92 Å². The first-order valence-electron chi connectivity index (χ1n) is 4.55. The van der Waals surface area contributed by atoms with E-state index in [-0.39, 0.29) is 11.7 Å². The van der Waals surface area contributed by atoms with Gasteiger partial charge in [0.1, 0.15) is 5.78 Å². The number of hydrogen-bond acceptors (Lipinski definition) is 3. The van der Waals surface area contributed by atoms with Crippen LogP contribution in [0.25, 0.3) is 0 Å². The smallest absolute Gasteiger partial charge is 0.133 e. The molecule has 72 valence electrons. The molecule has 0 amide bonds. The second-order valence-corrected chi connectivity index (χ2v) is 4.34. The molecule has 1 aromatic rings. The van der Waals surface area contributed by atoms with E-state index in [0.29, 0.717) is 0 Å². The highest BCUT2D eigenvalue weighted by atomic mass is 32.1. The number of Topliss-reactive ketones (excluding diaryl/α,β-unsaturated/α-hetero) is 1. The molecule has 1 aromatic heterocycles. The van der Waals surface area contributed by atoms with Crippen LogP contribution in [0.4, 0.5) is 0 Å². The molecule has 1 rings (SSSR count). The largest absolute Gasteiger partial charge is 0.300 e. The summed E-state index contributed by atoms with van der Waals surface area (Å²) < 4.78 is 0. The van der Waals surface area contributed by atoms with Crippen molar-refractivity contribution in [1.82, 2.24) is 4.98 Å². The summed E-state index contributed by atoms with van der Waals surface area (Å²) in [5.74, 6) is 0.426. The normalized spacial score (nSPS) is 12.8. The molecular formula is C10H15NOS. The average Bonchev–Trinajstić information content (AvgIpc) is 2.46. The van der Waals surface area contributed by atoms with Crippen molar-refractivity contribution in [3.8, 4) is 0 Å². The van der Waals surface area contributed by atoms with E-state index < -0.39 is 0 Å². The lowest BCUT2D eigenvalue weighted by molar-refractivity contribution is -0.120. The number of carbonyl (C=O) groups is 1. The van der Waals surface area contributed by atoms with Crippen LogP contribution >= 0.6 is 11.3 Å². The summed E-state index contributed by atoms with van der Waals surface area (Å²) in [5, 5.41) is 3.12. The third-order valence-electron chi connectivity index (χ3n) is 2.19. The summed E-state index contributed by atoms with van der Waals surface area (Å²) in [6.45, 7) is 5.70. The van der Waals surface area contributed by atoms with Gasteiger partial charge < -0.3 is 0 Å². The van der Waals surface area contributed by atoms with Gasteiger partial charge in [-0.2, -0.15) is 0 Å². The molecule has 1 heterocycles. The lowest BCUT2D eigenvalue weighted by Crippen LogP contribution is -2.12. The van der Waals surface area contributed by atoms with E-state index in [1.165, 1.54) is 0 Å². The highest BCUT2D eigenvalue weighted by molar-refractivity contribution is 7.09. The molecule has 0 saturated heterocycles. The molecule has 0 radical (unpaired) electrons. The Morgan fingerprint density at radius 1 is 1.69 bits per heavy atom. The number of ketones is 1. The summed E-state index contributed by atoms with van der Waals surface area (Å²) >= 11 is 1.65. The van der Waals surface area contributed by atoms with Gasteiger partial charge in [0.25, 0.3) is 0 Å². The molecule has 1 atom stereocenters. The fraction of sp³-hybridized carbons (Fsp3) is 0.600. The molecule has 0 fully saturated rings. The standard InChI is InChI=1S/C10H15NOS/c1-4-9(7(2)12)5-10-6-13-8(3)11-10/h6,9H,4-5H2,1-3H3. The maximum atomic E-state index is 11.2. The summed E-state index contributed by atoms with van der Waals surface area (Å²) in [5.41, 5.74) is 1.06. The van der Waals surface area contributed by atoms with Gasteiger partial charge in [0.2, 0.25) is 0 Å². The minimum absolute atomic E-state index is 0.154. The van der Waals surface area contributed by atoms with E-state index in [0.717, 1.165) is 23.5 Å². The van der Waals surface area contributed by atoms with Crippen molar-refractivity contribution in [1.29, 1.82) is 0 Å². The van der Waals surface area contributed by atoms with Crippen molar-refractivity contribution >= 4 is 17.1 Å². The third-order valence-corrected chi connectivity index (χ3v) is 3.01. The van der Waals surface area contributed by atoms with E-state index in [2.05, 4.69) is 4.98 Å². The Balaban J connectivity index is 2.61. The minimum Gasteiger partial charge on any atom is -0.300 e. The first-order valence-corrected chi connectivity index (χ1v) is 5.43. The fourth-order valence-electron chi connectivity index (χ4n) is 1.33. The lowest BCUT2D eigenvalue weighted by atomic mass is 9.97. The first-order chi connectivity index (χ1) is 6.13. The van der Waals surface area contributed by atoms with Crippen molar-refractivity contribution in [2.75, 3.05) is 0 Å². The van der Waals surface area contributed by atoms with Crippen LogP contribution in [0.15, 0.2) is 5.38 Å². The van der Waals surface area contributed by atoms with E-state index in [9.17, 15) is 4.79 Å². The number of carbonyl (C=O) groups excluding carboxylic acids is 1. The van der Waals surface area contributed by atoms with Gasteiger partial charge in [-0.1, -0.05) is 6.92 Å². The Labute approximate surface area is 83.0 Å². The van der Waals surface area contributed by atoms with Gasteiger partial charge in [0.15, 0.2) is 0 Å².